The van der Waals surface area contributed by atoms with E-state index in [-0.39, 0.29) is 0 Å². The van der Waals surface area contributed by atoms with E-state index < -0.39 is 0 Å². The van der Waals surface area contributed by atoms with Crippen molar-refractivity contribution in [2.24, 2.45) is 0 Å². The number of nitrogens with one attached hydrogen (secondary N) is 1. The van der Waals surface area contributed by atoms with Crippen LogP contribution in [0.25, 0.3) is 0 Å². The molecule has 0 atom stereocenters. The van der Waals surface area contributed by atoms with Gasteiger partial charge in [-0.25, -0.2) is 9.97 Å². The van der Waals surface area contributed by atoms with E-state index >= 15 is 0 Å². The van der Waals surface area contributed by atoms with Crippen LogP contribution >= 0.6 is 23.5 Å². The van der Waals surface area contributed by atoms with Crippen molar-refractivity contribution >= 4 is 35.2 Å². The number of hydrogen-bond donors (Lipinski definition) is 1. The highest BCUT2D eigenvalue weighted by molar-refractivity contribution is 7.98. The summed E-state index contributed by atoms with van der Waals surface area (Å²) in [5.74, 6) is 3.08. The maximum atomic E-state index is 4.54. The highest BCUT2D eigenvalue weighted by Gasteiger charge is 2.07. The molecule has 0 spiro atoms. The molecule has 0 saturated heterocycles. The summed E-state index contributed by atoms with van der Waals surface area (Å²) >= 11 is 3.46. The Balaban J connectivity index is 2.75. The van der Waals surface area contributed by atoms with E-state index in [0.717, 1.165) is 29.9 Å². The second-order valence-corrected chi connectivity index (χ2v) is 5.66. The molecule has 4 nitrogen and oxygen atoms in total. The van der Waals surface area contributed by atoms with E-state index in [1.165, 1.54) is 12.2 Å². The molecule has 0 saturated carbocycles. The summed E-state index contributed by atoms with van der Waals surface area (Å²) in [7, 11) is 2.09. The standard InChI is InChI=1S/C12H22N4S2/c1-5-13-10-9-11(15-12(14-10)18-4)16(2)7-6-8-17-3/h9H,5-8H2,1-4H3,(H,13,14,15). The van der Waals surface area contributed by atoms with Gasteiger partial charge in [-0.05, 0) is 31.6 Å². The molecule has 0 amide bonds. The molecule has 0 aliphatic rings. The Kier molecular flexibility index (Phi) is 7.27. The highest BCUT2D eigenvalue weighted by Crippen LogP contribution is 2.19. The van der Waals surface area contributed by atoms with Crippen LogP contribution in [-0.2, 0) is 0 Å². The first-order valence-corrected chi connectivity index (χ1v) is 8.70. The summed E-state index contributed by atoms with van der Waals surface area (Å²) < 4.78 is 0. The summed E-state index contributed by atoms with van der Waals surface area (Å²) in [4.78, 5) is 11.2. The Labute approximate surface area is 118 Å². The third-order valence-corrected chi connectivity index (χ3v) is 3.71. The number of anilines is 2. The quantitative estimate of drug-likeness (QED) is 0.450. The van der Waals surface area contributed by atoms with Crippen molar-refractivity contribution in [1.82, 2.24) is 9.97 Å². The van der Waals surface area contributed by atoms with Gasteiger partial charge >= 0.3 is 0 Å². The lowest BCUT2D eigenvalue weighted by atomic mass is 10.4. The Bertz CT molecular complexity index is 360. The van der Waals surface area contributed by atoms with Crippen LogP contribution in [0, 0.1) is 0 Å². The van der Waals surface area contributed by atoms with Gasteiger partial charge in [0.1, 0.15) is 11.6 Å². The molecule has 1 aromatic heterocycles. The number of hydrogen-bond acceptors (Lipinski definition) is 6. The van der Waals surface area contributed by atoms with E-state index in [9.17, 15) is 0 Å². The van der Waals surface area contributed by atoms with Crippen LogP contribution in [0.5, 0.6) is 0 Å². The molecule has 0 bridgehead atoms. The molecule has 1 aromatic rings. The lowest BCUT2D eigenvalue weighted by Gasteiger charge is -2.19. The second kappa shape index (κ2) is 8.48. The first kappa shape index (κ1) is 15.4. The molecule has 1 N–H and O–H groups in total. The number of thioether (sulfide) groups is 2. The van der Waals surface area contributed by atoms with Gasteiger partial charge in [-0.3, -0.25) is 0 Å². The molecule has 0 fully saturated rings. The zero-order valence-electron chi connectivity index (χ0n) is 11.6. The number of nitrogens with zero attached hydrogens (tertiary/aromatic N) is 3. The Hall–Kier alpha value is -0.620. The zero-order chi connectivity index (χ0) is 13.4. The molecular weight excluding hydrogens is 264 g/mol. The van der Waals surface area contributed by atoms with Crippen LogP contribution in [0.15, 0.2) is 11.2 Å². The monoisotopic (exact) mass is 286 g/mol. The Morgan fingerprint density at radius 2 is 2.11 bits per heavy atom. The molecule has 0 radical (unpaired) electrons. The van der Waals surface area contributed by atoms with Crippen LogP contribution in [0.2, 0.25) is 0 Å². The van der Waals surface area contributed by atoms with Crippen LogP contribution in [0.4, 0.5) is 11.6 Å². The maximum absolute atomic E-state index is 4.54. The largest absolute Gasteiger partial charge is 0.370 e. The molecule has 0 aliphatic heterocycles. The van der Waals surface area contributed by atoms with Gasteiger partial charge < -0.3 is 10.2 Å². The van der Waals surface area contributed by atoms with Crippen molar-refractivity contribution < 1.29 is 0 Å². The first-order chi connectivity index (χ1) is 8.71. The predicted molar refractivity (Wildman–Crippen MR) is 84.2 cm³/mol. The summed E-state index contributed by atoms with van der Waals surface area (Å²) in [5, 5.41) is 4.07. The van der Waals surface area contributed by atoms with E-state index in [0.29, 0.717) is 0 Å². The molecule has 0 unspecified atom stereocenters. The van der Waals surface area contributed by atoms with Crippen molar-refractivity contribution in [3.05, 3.63) is 6.07 Å². The third-order valence-electron chi connectivity index (χ3n) is 2.47. The fraction of sp³-hybridized carbons (Fsp3) is 0.667. The minimum atomic E-state index is 0.820. The van der Waals surface area contributed by atoms with Gasteiger partial charge in [0.15, 0.2) is 5.16 Å². The number of aromatic nitrogens is 2. The van der Waals surface area contributed by atoms with Crippen LogP contribution in [0.1, 0.15) is 13.3 Å². The molecular formula is C12H22N4S2. The van der Waals surface area contributed by atoms with Crippen molar-refractivity contribution in [3.8, 4) is 0 Å². The minimum Gasteiger partial charge on any atom is -0.370 e. The lowest BCUT2D eigenvalue weighted by Crippen LogP contribution is -2.21. The molecule has 1 heterocycles. The fourth-order valence-corrected chi connectivity index (χ4v) is 2.32. The Morgan fingerprint density at radius 1 is 1.33 bits per heavy atom. The predicted octanol–water partition coefficient (Wildman–Crippen LogP) is 2.82. The molecule has 6 heteroatoms. The molecule has 0 aromatic carbocycles. The normalized spacial score (nSPS) is 10.4. The summed E-state index contributed by atoms with van der Waals surface area (Å²) in [6, 6.07) is 2.02. The summed E-state index contributed by atoms with van der Waals surface area (Å²) in [6.07, 6.45) is 5.31. The fourth-order valence-electron chi connectivity index (χ4n) is 1.53. The van der Waals surface area contributed by atoms with Crippen molar-refractivity contribution in [3.63, 3.8) is 0 Å². The SMILES string of the molecule is CCNc1cc(N(C)CCCSC)nc(SC)n1. The first-order valence-electron chi connectivity index (χ1n) is 6.08. The van der Waals surface area contributed by atoms with E-state index in [1.54, 1.807) is 11.8 Å². The van der Waals surface area contributed by atoms with Gasteiger partial charge in [0, 0.05) is 26.2 Å². The van der Waals surface area contributed by atoms with Gasteiger partial charge in [0.25, 0.3) is 0 Å². The minimum absolute atomic E-state index is 0.820. The number of rotatable bonds is 8. The van der Waals surface area contributed by atoms with Gasteiger partial charge in [0.2, 0.25) is 0 Å². The third kappa shape index (κ3) is 4.94. The molecule has 1 rings (SSSR count). The zero-order valence-corrected chi connectivity index (χ0v) is 13.2. The maximum Gasteiger partial charge on any atom is 0.191 e. The van der Waals surface area contributed by atoms with Gasteiger partial charge in [-0.2, -0.15) is 11.8 Å². The second-order valence-electron chi connectivity index (χ2n) is 3.90. The average Bonchev–Trinajstić information content (AvgIpc) is 2.39. The van der Waals surface area contributed by atoms with E-state index in [4.69, 9.17) is 0 Å². The van der Waals surface area contributed by atoms with Crippen LogP contribution in [0.3, 0.4) is 0 Å². The van der Waals surface area contributed by atoms with Gasteiger partial charge in [-0.15, -0.1) is 0 Å². The molecule has 102 valence electrons. The Morgan fingerprint density at radius 3 is 2.72 bits per heavy atom. The van der Waals surface area contributed by atoms with E-state index in [1.807, 2.05) is 24.1 Å². The topological polar surface area (TPSA) is 41.0 Å². The van der Waals surface area contributed by atoms with Crippen LogP contribution in [-0.4, -0.2) is 48.4 Å². The van der Waals surface area contributed by atoms with Gasteiger partial charge in [0.05, 0.1) is 0 Å². The summed E-state index contributed by atoms with van der Waals surface area (Å²) in [6.45, 7) is 3.97. The summed E-state index contributed by atoms with van der Waals surface area (Å²) in [5.41, 5.74) is 0. The van der Waals surface area contributed by atoms with Crippen molar-refractivity contribution in [1.29, 1.82) is 0 Å². The van der Waals surface area contributed by atoms with Crippen molar-refractivity contribution in [2.75, 3.05) is 48.6 Å². The highest BCUT2D eigenvalue weighted by atomic mass is 32.2. The lowest BCUT2D eigenvalue weighted by molar-refractivity contribution is 0.823. The van der Waals surface area contributed by atoms with E-state index in [2.05, 4.69) is 40.4 Å². The van der Waals surface area contributed by atoms with Crippen molar-refractivity contribution in [2.45, 2.75) is 18.5 Å². The van der Waals surface area contributed by atoms with Crippen LogP contribution < -0.4 is 10.2 Å². The molecule has 0 aliphatic carbocycles. The molecule has 18 heavy (non-hydrogen) atoms. The van der Waals surface area contributed by atoms with Gasteiger partial charge in [-0.1, -0.05) is 11.8 Å². The smallest absolute Gasteiger partial charge is 0.191 e. The average molecular weight is 286 g/mol.